The maximum Gasteiger partial charge on any atom is 0.168 e. The maximum atomic E-state index is 5.85. The molecule has 4 N–H and O–H groups in total. The molecule has 0 spiro atoms. The van der Waals surface area contributed by atoms with Crippen LogP contribution in [0.3, 0.4) is 0 Å². The minimum atomic E-state index is 0.228. The molecule has 0 amide bonds. The average Bonchev–Trinajstić information content (AvgIpc) is 2.09. The van der Waals surface area contributed by atoms with Crippen molar-refractivity contribution in [1.82, 2.24) is 0 Å². The van der Waals surface area contributed by atoms with Gasteiger partial charge in [0.25, 0.3) is 0 Å². The van der Waals surface area contributed by atoms with Crippen LogP contribution in [0, 0.1) is 0 Å². The molecule has 3 nitrogen and oxygen atoms in total. The van der Waals surface area contributed by atoms with Crippen molar-refractivity contribution in [2.75, 3.05) is 17.2 Å². The first-order valence-electron chi connectivity index (χ1n) is 4.23. The van der Waals surface area contributed by atoms with E-state index in [0.29, 0.717) is 5.02 Å². The number of hydrogen-bond donors (Lipinski definition) is 3. The van der Waals surface area contributed by atoms with E-state index in [0.717, 1.165) is 17.9 Å². The summed E-state index contributed by atoms with van der Waals surface area (Å²) in [7, 11) is 0. The van der Waals surface area contributed by atoms with Crippen LogP contribution in [-0.4, -0.2) is 11.7 Å². The van der Waals surface area contributed by atoms with Gasteiger partial charge in [-0.05, 0) is 37.3 Å². The first kappa shape index (κ1) is 11.1. The number of nitrogens with one attached hydrogen (secondary N) is 2. The molecule has 0 aliphatic heterocycles. The standard InChI is InChI=1S/C9H12ClN3S/c1-2-12-7-4-3-6(10)5-8(7)13-9(11)14/h3-5,12H,2H2,1H3,(H3,11,13,14). The van der Waals surface area contributed by atoms with E-state index in [2.05, 4.69) is 10.6 Å². The number of nitrogens with two attached hydrogens (primary N) is 1. The maximum absolute atomic E-state index is 5.85. The van der Waals surface area contributed by atoms with Crippen molar-refractivity contribution < 1.29 is 0 Å². The third-order valence-corrected chi connectivity index (χ3v) is 1.94. The van der Waals surface area contributed by atoms with Crippen LogP contribution in [0.4, 0.5) is 11.4 Å². The molecule has 0 radical (unpaired) electrons. The van der Waals surface area contributed by atoms with E-state index in [1.807, 2.05) is 19.1 Å². The normalized spacial score (nSPS) is 9.57. The number of hydrogen-bond acceptors (Lipinski definition) is 2. The molecule has 0 aliphatic rings. The van der Waals surface area contributed by atoms with Crippen molar-refractivity contribution in [1.29, 1.82) is 0 Å². The Bertz CT molecular complexity index is 341. The molecule has 0 heterocycles. The molecule has 14 heavy (non-hydrogen) atoms. The second-order valence-electron chi connectivity index (χ2n) is 2.71. The largest absolute Gasteiger partial charge is 0.384 e. The molecule has 0 atom stereocenters. The Labute approximate surface area is 93.6 Å². The Hall–Kier alpha value is -1.00. The molecule has 0 unspecified atom stereocenters. The molecule has 0 saturated carbocycles. The van der Waals surface area contributed by atoms with Gasteiger partial charge in [-0.25, -0.2) is 0 Å². The second kappa shape index (κ2) is 5.02. The van der Waals surface area contributed by atoms with Crippen molar-refractivity contribution >= 4 is 40.3 Å². The van der Waals surface area contributed by atoms with Crippen LogP contribution in [0.1, 0.15) is 6.92 Å². The summed E-state index contributed by atoms with van der Waals surface area (Å²) in [5.74, 6) is 0. The zero-order valence-corrected chi connectivity index (χ0v) is 9.38. The van der Waals surface area contributed by atoms with E-state index in [-0.39, 0.29) is 5.11 Å². The first-order valence-corrected chi connectivity index (χ1v) is 5.02. The number of anilines is 2. The highest BCUT2D eigenvalue weighted by atomic mass is 35.5. The zero-order valence-electron chi connectivity index (χ0n) is 7.80. The van der Waals surface area contributed by atoms with Crippen LogP contribution in [0.5, 0.6) is 0 Å². The van der Waals surface area contributed by atoms with Crippen LogP contribution in [0.25, 0.3) is 0 Å². The molecule has 1 rings (SSSR count). The smallest absolute Gasteiger partial charge is 0.168 e. The third kappa shape index (κ3) is 3.05. The SMILES string of the molecule is CCNc1ccc(Cl)cc1NC(N)=S. The van der Waals surface area contributed by atoms with Crippen molar-refractivity contribution in [3.8, 4) is 0 Å². The van der Waals surface area contributed by atoms with E-state index < -0.39 is 0 Å². The fraction of sp³-hybridized carbons (Fsp3) is 0.222. The van der Waals surface area contributed by atoms with Gasteiger partial charge in [0, 0.05) is 11.6 Å². The molecule has 1 aromatic rings. The van der Waals surface area contributed by atoms with Gasteiger partial charge in [0.15, 0.2) is 5.11 Å². The molecule has 5 heteroatoms. The van der Waals surface area contributed by atoms with Gasteiger partial charge >= 0.3 is 0 Å². The van der Waals surface area contributed by atoms with Gasteiger partial charge in [0.2, 0.25) is 0 Å². The Morgan fingerprint density at radius 1 is 1.50 bits per heavy atom. The molecule has 0 aromatic heterocycles. The summed E-state index contributed by atoms with van der Waals surface area (Å²) in [6.07, 6.45) is 0. The van der Waals surface area contributed by atoms with Gasteiger partial charge in [-0.3, -0.25) is 0 Å². The van der Waals surface area contributed by atoms with Crippen LogP contribution in [0.15, 0.2) is 18.2 Å². The Kier molecular flexibility index (Phi) is 3.98. The molecule has 76 valence electrons. The summed E-state index contributed by atoms with van der Waals surface area (Å²) in [4.78, 5) is 0. The number of halogens is 1. The summed E-state index contributed by atoms with van der Waals surface area (Å²) in [6, 6.07) is 5.47. The van der Waals surface area contributed by atoms with E-state index in [1.54, 1.807) is 6.07 Å². The van der Waals surface area contributed by atoms with Gasteiger partial charge in [0.05, 0.1) is 11.4 Å². The predicted molar refractivity (Wildman–Crippen MR) is 66.0 cm³/mol. The van der Waals surface area contributed by atoms with Crippen LogP contribution < -0.4 is 16.4 Å². The highest BCUT2D eigenvalue weighted by molar-refractivity contribution is 7.80. The Balaban J connectivity index is 2.96. The lowest BCUT2D eigenvalue weighted by atomic mass is 10.2. The monoisotopic (exact) mass is 229 g/mol. The summed E-state index contributed by atoms with van der Waals surface area (Å²) >= 11 is 10.6. The summed E-state index contributed by atoms with van der Waals surface area (Å²) in [5.41, 5.74) is 7.12. The summed E-state index contributed by atoms with van der Waals surface area (Å²) < 4.78 is 0. The van der Waals surface area contributed by atoms with Gasteiger partial charge in [-0.2, -0.15) is 0 Å². The highest BCUT2D eigenvalue weighted by Crippen LogP contribution is 2.25. The van der Waals surface area contributed by atoms with Crippen LogP contribution in [0.2, 0.25) is 5.02 Å². The third-order valence-electron chi connectivity index (χ3n) is 1.61. The summed E-state index contributed by atoms with van der Waals surface area (Å²) in [6.45, 7) is 2.84. The summed E-state index contributed by atoms with van der Waals surface area (Å²) in [5, 5.41) is 6.91. The van der Waals surface area contributed by atoms with Crippen molar-refractivity contribution in [3.05, 3.63) is 23.2 Å². The van der Waals surface area contributed by atoms with Crippen LogP contribution in [-0.2, 0) is 0 Å². The Morgan fingerprint density at radius 2 is 2.21 bits per heavy atom. The number of rotatable bonds is 3. The van der Waals surface area contributed by atoms with Gasteiger partial charge in [0.1, 0.15) is 0 Å². The lowest BCUT2D eigenvalue weighted by Gasteiger charge is -2.11. The fourth-order valence-electron chi connectivity index (χ4n) is 1.10. The minimum Gasteiger partial charge on any atom is -0.384 e. The second-order valence-corrected chi connectivity index (χ2v) is 3.59. The lowest BCUT2D eigenvalue weighted by molar-refractivity contribution is 1.21. The minimum absolute atomic E-state index is 0.228. The molecular formula is C9H12ClN3S. The highest BCUT2D eigenvalue weighted by Gasteiger charge is 2.02. The first-order chi connectivity index (χ1) is 6.63. The Morgan fingerprint density at radius 3 is 2.79 bits per heavy atom. The molecule has 0 saturated heterocycles. The molecule has 0 fully saturated rings. The molecule has 1 aromatic carbocycles. The van der Waals surface area contributed by atoms with Gasteiger partial charge in [-0.15, -0.1) is 0 Å². The lowest BCUT2D eigenvalue weighted by Crippen LogP contribution is -2.19. The predicted octanol–water partition coefficient (Wildman–Crippen LogP) is 2.43. The van der Waals surface area contributed by atoms with E-state index in [9.17, 15) is 0 Å². The topological polar surface area (TPSA) is 50.1 Å². The van der Waals surface area contributed by atoms with Crippen molar-refractivity contribution in [2.45, 2.75) is 6.92 Å². The van der Waals surface area contributed by atoms with Crippen molar-refractivity contribution in [2.24, 2.45) is 5.73 Å². The molecular weight excluding hydrogens is 218 g/mol. The van der Waals surface area contributed by atoms with Gasteiger partial charge in [-0.1, -0.05) is 11.6 Å². The number of thiocarbonyl (C=S) groups is 1. The van der Waals surface area contributed by atoms with E-state index in [4.69, 9.17) is 29.6 Å². The molecule has 0 aliphatic carbocycles. The average molecular weight is 230 g/mol. The molecule has 0 bridgehead atoms. The van der Waals surface area contributed by atoms with E-state index in [1.165, 1.54) is 0 Å². The quantitative estimate of drug-likeness (QED) is 0.697. The van der Waals surface area contributed by atoms with Gasteiger partial charge < -0.3 is 16.4 Å². The fourth-order valence-corrected chi connectivity index (χ4v) is 1.38. The van der Waals surface area contributed by atoms with E-state index >= 15 is 0 Å². The zero-order chi connectivity index (χ0) is 10.6. The van der Waals surface area contributed by atoms with Crippen LogP contribution >= 0.6 is 23.8 Å². The number of benzene rings is 1. The van der Waals surface area contributed by atoms with Crippen molar-refractivity contribution in [3.63, 3.8) is 0 Å².